The molecule has 84 valence electrons. The van der Waals surface area contributed by atoms with Crippen LogP contribution in [0, 0.1) is 0 Å². The van der Waals surface area contributed by atoms with Crippen LogP contribution >= 0.6 is 0 Å². The summed E-state index contributed by atoms with van der Waals surface area (Å²) in [5.41, 5.74) is 5.55. The second-order valence-electron chi connectivity index (χ2n) is 3.65. The van der Waals surface area contributed by atoms with Crippen LogP contribution in [-0.2, 0) is 0 Å². The summed E-state index contributed by atoms with van der Waals surface area (Å²) in [4.78, 5) is 0. The molecule has 0 aliphatic rings. The third-order valence-corrected chi connectivity index (χ3v) is 2.49. The first-order chi connectivity index (χ1) is 8.20. The van der Waals surface area contributed by atoms with Crippen LogP contribution in [0.5, 0.6) is 11.5 Å². The van der Waals surface area contributed by atoms with E-state index in [0.29, 0.717) is 0 Å². The van der Waals surface area contributed by atoms with E-state index in [1.54, 1.807) is 48.5 Å². The molecule has 0 fully saturated rings. The first kappa shape index (κ1) is 11.1. The molecule has 2 aromatic carbocycles. The molecule has 2 N–H and O–H groups in total. The topological polar surface area (TPSA) is 40.5 Å². The van der Waals surface area contributed by atoms with E-state index in [-0.39, 0.29) is 11.5 Å². The third kappa shape index (κ3) is 2.39. The molecule has 0 unspecified atom stereocenters. The molecule has 2 aromatic rings. The largest absolute Gasteiger partial charge is 0.508 e. The van der Waals surface area contributed by atoms with E-state index in [1.807, 2.05) is 0 Å². The number of hydrogen-bond acceptors (Lipinski definition) is 2. The lowest BCUT2D eigenvalue weighted by atomic mass is 9.99. The average molecular weight is 224 g/mol. The molecule has 0 aromatic heterocycles. The molecule has 0 atom stereocenters. The highest BCUT2D eigenvalue weighted by Crippen LogP contribution is 2.25. The number of hydrogen-bond donors (Lipinski definition) is 2. The molecule has 17 heavy (non-hydrogen) atoms. The second kappa shape index (κ2) is 4.60. The highest BCUT2D eigenvalue weighted by atomic mass is 16.3. The van der Waals surface area contributed by atoms with E-state index in [0.717, 1.165) is 16.7 Å². The number of rotatable bonds is 2. The van der Waals surface area contributed by atoms with E-state index in [2.05, 4.69) is 12.3 Å². The zero-order chi connectivity index (χ0) is 12.3. The van der Waals surface area contributed by atoms with Crippen LogP contribution in [0.4, 0.5) is 0 Å². The summed E-state index contributed by atoms with van der Waals surface area (Å²) in [6, 6.07) is 13.7. The van der Waals surface area contributed by atoms with E-state index in [9.17, 15) is 10.2 Å². The zero-order valence-corrected chi connectivity index (χ0v) is 9.22. The fourth-order valence-corrected chi connectivity index (χ4v) is 1.63. The Balaban J connectivity index is 2.44. The van der Waals surface area contributed by atoms with Gasteiger partial charge in [0.2, 0.25) is 0 Å². The van der Waals surface area contributed by atoms with E-state index in [4.69, 9.17) is 0 Å². The lowest BCUT2D eigenvalue weighted by molar-refractivity contribution is 0.475. The Hall–Kier alpha value is -2.44. The maximum Gasteiger partial charge on any atom is 0.115 e. The number of phenols is 2. The van der Waals surface area contributed by atoms with Gasteiger partial charge >= 0.3 is 0 Å². The van der Waals surface area contributed by atoms with Gasteiger partial charge in [-0.25, -0.2) is 0 Å². The van der Waals surface area contributed by atoms with Gasteiger partial charge in [0.25, 0.3) is 0 Å². The Labute approximate surface area is 99.8 Å². The molecule has 0 spiro atoms. The summed E-state index contributed by atoms with van der Waals surface area (Å²) in [6.07, 6.45) is 0. The van der Waals surface area contributed by atoms with Crippen LogP contribution in [0.2, 0.25) is 0 Å². The molecular formula is C15H12O2. The fourth-order valence-electron chi connectivity index (χ4n) is 1.63. The highest BCUT2D eigenvalue weighted by Gasteiger charge is 2.04. The Morgan fingerprint density at radius 1 is 0.765 bits per heavy atom. The van der Waals surface area contributed by atoms with Crippen molar-refractivity contribution in [1.82, 2.24) is 0 Å². The van der Waals surface area contributed by atoms with Gasteiger partial charge in [0.1, 0.15) is 11.5 Å². The third-order valence-electron chi connectivity index (χ3n) is 2.49. The van der Waals surface area contributed by atoms with Crippen molar-refractivity contribution in [3.63, 3.8) is 0 Å². The fraction of sp³-hybridized carbons (Fsp3) is 0. The molecule has 2 heteroatoms. The lowest BCUT2D eigenvalue weighted by Crippen LogP contribution is -1.85. The monoisotopic (exact) mass is 224 g/mol. The second-order valence-corrected chi connectivity index (χ2v) is 3.65. The van der Waals surface area contributed by atoms with Crippen molar-refractivity contribution in [1.29, 1.82) is 0 Å². The molecule has 0 saturated carbocycles. The Morgan fingerprint density at radius 2 is 1.12 bits per heavy atom. The van der Waals surface area contributed by atoms with Crippen molar-refractivity contribution in [3.8, 4) is 11.5 Å². The first-order valence-corrected chi connectivity index (χ1v) is 5.19. The van der Waals surface area contributed by atoms with Crippen LogP contribution in [0.25, 0.3) is 5.57 Å². The average Bonchev–Trinajstić information content (AvgIpc) is 2.35. The Kier molecular flexibility index (Phi) is 2.99. The predicted octanol–water partition coefficient (Wildman–Crippen LogP) is 3.31. The minimum absolute atomic E-state index is 0.225. The van der Waals surface area contributed by atoms with Crippen LogP contribution in [0.1, 0.15) is 11.1 Å². The van der Waals surface area contributed by atoms with Gasteiger partial charge in [0.15, 0.2) is 0 Å². The van der Waals surface area contributed by atoms with Crippen molar-refractivity contribution >= 4 is 5.57 Å². The van der Waals surface area contributed by atoms with Crippen LogP contribution in [0.15, 0.2) is 60.8 Å². The summed E-state index contributed by atoms with van der Waals surface area (Å²) >= 11 is 0. The molecule has 2 nitrogen and oxygen atoms in total. The van der Waals surface area contributed by atoms with Gasteiger partial charge in [0.05, 0.1) is 0 Å². The highest BCUT2D eigenvalue weighted by molar-refractivity contribution is 5.79. The minimum Gasteiger partial charge on any atom is -0.508 e. The Bertz CT molecular complexity index is 511. The molecule has 0 amide bonds. The number of benzene rings is 2. The first-order valence-electron chi connectivity index (χ1n) is 5.19. The zero-order valence-electron chi connectivity index (χ0n) is 9.22. The normalized spacial score (nSPS) is 9.65. The molecular weight excluding hydrogens is 212 g/mol. The standard InChI is InChI=1S/C15H12O2/c1-2-15(11-3-7-13(16)8-4-11)12-5-9-14(17)10-6-12/h3-10,16-17H,1H2. The molecule has 0 bridgehead atoms. The van der Waals surface area contributed by atoms with Gasteiger partial charge in [-0.3, -0.25) is 0 Å². The lowest BCUT2D eigenvalue weighted by Gasteiger charge is -2.06. The predicted molar refractivity (Wildman–Crippen MR) is 67.9 cm³/mol. The van der Waals surface area contributed by atoms with Gasteiger partial charge in [-0.2, -0.15) is 0 Å². The SMILES string of the molecule is C=C=C(c1ccc(O)cc1)c1ccc(O)cc1. The summed E-state index contributed by atoms with van der Waals surface area (Å²) in [6.45, 7) is 3.67. The van der Waals surface area contributed by atoms with Gasteiger partial charge in [-0.05, 0) is 35.4 Å². The number of phenolic OH excluding ortho intramolecular Hbond substituents is 2. The van der Waals surface area contributed by atoms with Crippen molar-refractivity contribution in [2.24, 2.45) is 0 Å². The maximum atomic E-state index is 9.24. The van der Waals surface area contributed by atoms with Crippen molar-refractivity contribution in [3.05, 3.63) is 72.0 Å². The molecule has 0 saturated heterocycles. The summed E-state index contributed by atoms with van der Waals surface area (Å²) < 4.78 is 0. The van der Waals surface area contributed by atoms with E-state index < -0.39 is 0 Å². The van der Waals surface area contributed by atoms with Gasteiger partial charge in [-0.1, -0.05) is 30.8 Å². The summed E-state index contributed by atoms with van der Waals surface area (Å²) in [5, 5.41) is 18.5. The van der Waals surface area contributed by atoms with Gasteiger partial charge in [0, 0.05) is 5.57 Å². The minimum atomic E-state index is 0.225. The van der Waals surface area contributed by atoms with Crippen molar-refractivity contribution < 1.29 is 10.2 Å². The Morgan fingerprint density at radius 3 is 1.41 bits per heavy atom. The smallest absolute Gasteiger partial charge is 0.115 e. The van der Waals surface area contributed by atoms with Crippen LogP contribution in [-0.4, -0.2) is 10.2 Å². The maximum absolute atomic E-state index is 9.24. The van der Waals surface area contributed by atoms with E-state index >= 15 is 0 Å². The summed E-state index contributed by atoms with van der Waals surface area (Å²) in [5.74, 6) is 0.450. The van der Waals surface area contributed by atoms with Crippen molar-refractivity contribution in [2.75, 3.05) is 0 Å². The molecule has 2 rings (SSSR count). The van der Waals surface area contributed by atoms with Gasteiger partial charge < -0.3 is 10.2 Å². The molecule has 0 heterocycles. The van der Waals surface area contributed by atoms with Crippen LogP contribution in [0.3, 0.4) is 0 Å². The number of aromatic hydroxyl groups is 2. The molecule has 0 aliphatic carbocycles. The quantitative estimate of drug-likeness (QED) is 0.768. The molecule has 0 aliphatic heterocycles. The molecule has 0 radical (unpaired) electrons. The van der Waals surface area contributed by atoms with Gasteiger partial charge in [-0.15, -0.1) is 5.73 Å². The summed E-state index contributed by atoms with van der Waals surface area (Å²) in [7, 11) is 0. The van der Waals surface area contributed by atoms with Crippen molar-refractivity contribution in [2.45, 2.75) is 0 Å². The van der Waals surface area contributed by atoms with E-state index in [1.165, 1.54) is 0 Å². The van der Waals surface area contributed by atoms with Crippen LogP contribution < -0.4 is 0 Å².